The van der Waals surface area contributed by atoms with Crippen LogP contribution in [-0.4, -0.2) is 24.4 Å². The Morgan fingerprint density at radius 3 is 2.17 bits per heavy atom. The molecule has 0 aliphatic carbocycles. The van der Waals surface area contributed by atoms with Crippen LogP contribution in [0.4, 0.5) is 0 Å². The Labute approximate surface area is 139 Å². The second kappa shape index (κ2) is 8.47. The molecule has 0 aliphatic rings. The Balaban J connectivity index is 1.76. The average Bonchev–Trinajstić information content (AvgIpc) is 2.64. The Bertz CT molecular complexity index is 712. The molecule has 0 aliphatic heterocycles. The van der Waals surface area contributed by atoms with Crippen LogP contribution in [0.3, 0.4) is 0 Å². The smallest absolute Gasteiger partial charge is 0.338 e. The number of hydrogen-bond acceptors (Lipinski definition) is 4. The first-order valence-electron chi connectivity index (χ1n) is 7.50. The molecule has 0 bridgehead atoms. The van der Waals surface area contributed by atoms with Gasteiger partial charge in [0.15, 0.2) is 6.61 Å². The molecule has 0 atom stereocenters. The molecule has 2 aromatic carbocycles. The summed E-state index contributed by atoms with van der Waals surface area (Å²) in [6.07, 6.45) is 0.874. The van der Waals surface area contributed by atoms with Crippen LogP contribution in [0.2, 0.25) is 0 Å². The van der Waals surface area contributed by atoms with E-state index in [1.165, 1.54) is 0 Å². The zero-order valence-corrected chi connectivity index (χ0v) is 13.2. The maximum Gasteiger partial charge on any atom is 0.338 e. The first-order chi connectivity index (χ1) is 11.6. The maximum absolute atomic E-state index is 11.8. The van der Waals surface area contributed by atoms with Crippen molar-refractivity contribution >= 4 is 17.8 Å². The fourth-order valence-corrected chi connectivity index (χ4v) is 1.92. The third-order valence-electron chi connectivity index (χ3n) is 3.28. The summed E-state index contributed by atoms with van der Waals surface area (Å²) in [7, 11) is 0. The highest BCUT2D eigenvalue weighted by Gasteiger charge is 2.11. The quantitative estimate of drug-likeness (QED) is 0.649. The summed E-state index contributed by atoms with van der Waals surface area (Å²) in [5.41, 5.74) is 6.32. The summed E-state index contributed by atoms with van der Waals surface area (Å²) in [5.74, 6) is -1.68. The first kappa shape index (κ1) is 17.2. The minimum atomic E-state index is -0.627. The normalized spacial score (nSPS) is 9.88. The Morgan fingerprint density at radius 1 is 0.875 bits per heavy atom. The molecule has 0 heterocycles. The highest BCUT2D eigenvalue weighted by molar-refractivity contribution is 5.96. The van der Waals surface area contributed by atoms with Gasteiger partial charge in [0.2, 0.25) is 0 Å². The van der Waals surface area contributed by atoms with Crippen molar-refractivity contribution < 1.29 is 19.1 Å². The fourth-order valence-electron chi connectivity index (χ4n) is 1.92. The van der Waals surface area contributed by atoms with E-state index < -0.39 is 24.4 Å². The standard InChI is InChI=1S/C18H18N2O4/c1-2-13-8-10-15(11-9-13)18(23)24-12-16(21)19-20-17(22)14-6-4-3-5-7-14/h3-11H,2,12H2,1H3,(H,19,21)(H,20,22). The Kier molecular flexibility index (Phi) is 6.08. The molecule has 2 N–H and O–H groups in total. The Hall–Kier alpha value is -3.15. The predicted molar refractivity (Wildman–Crippen MR) is 88.2 cm³/mol. The molecule has 0 aromatic heterocycles. The minimum Gasteiger partial charge on any atom is -0.452 e. The van der Waals surface area contributed by atoms with E-state index in [0.717, 1.165) is 12.0 Å². The van der Waals surface area contributed by atoms with E-state index in [9.17, 15) is 14.4 Å². The van der Waals surface area contributed by atoms with E-state index in [0.29, 0.717) is 11.1 Å². The van der Waals surface area contributed by atoms with Crippen molar-refractivity contribution in [1.29, 1.82) is 0 Å². The number of esters is 1. The number of hydrogen-bond donors (Lipinski definition) is 2. The lowest BCUT2D eigenvalue weighted by atomic mass is 10.1. The van der Waals surface area contributed by atoms with Gasteiger partial charge < -0.3 is 4.74 Å². The number of nitrogens with one attached hydrogen (secondary N) is 2. The van der Waals surface area contributed by atoms with Crippen molar-refractivity contribution in [2.75, 3.05) is 6.61 Å². The predicted octanol–water partition coefficient (Wildman–Crippen LogP) is 1.87. The largest absolute Gasteiger partial charge is 0.452 e. The van der Waals surface area contributed by atoms with Crippen molar-refractivity contribution in [2.24, 2.45) is 0 Å². The summed E-state index contributed by atoms with van der Waals surface area (Å²) in [5, 5.41) is 0. The lowest BCUT2D eigenvalue weighted by Gasteiger charge is -2.08. The maximum atomic E-state index is 11.8. The van der Waals surface area contributed by atoms with Crippen molar-refractivity contribution in [3.8, 4) is 0 Å². The van der Waals surface area contributed by atoms with Crippen molar-refractivity contribution in [3.63, 3.8) is 0 Å². The van der Waals surface area contributed by atoms with Gasteiger partial charge in [-0.1, -0.05) is 37.3 Å². The van der Waals surface area contributed by atoms with Crippen LogP contribution in [0.25, 0.3) is 0 Å². The van der Waals surface area contributed by atoms with E-state index in [4.69, 9.17) is 4.74 Å². The molecule has 0 saturated heterocycles. The van der Waals surface area contributed by atoms with Crippen molar-refractivity contribution in [1.82, 2.24) is 10.9 Å². The van der Waals surface area contributed by atoms with Crippen LogP contribution in [0, 0.1) is 0 Å². The van der Waals surface area contributed by atoms with Gasteiger partial charge >= 0.3 is 5.97 Å². The van der Waals surface area contributed by atoms with Crippen molar-refractivity contribution in [3.05, 3.63) is 71.3 Å². The van der Waals surface area contributed by atoms with E-state index in [1.807, 2.05) is 19.1 Å². The molecule has 24 heavy (non-hydrogen) atoms. The van der Waals surface area contributed by atoms with Crippen LogP contribution in [-0.2, 0) is 16.0 Å². The molecule has 0 saturated carbocycles. The average molecular weight is 326 g/mol. The summed E-state index contributed by atoms with van der Waals surface area (Å²) in [4.78, 5) is 35.2. The molecule has 2 amide bonds. The molecular weight excluding hydrogens is 308 g/mol. The van der Waals surface area contributed by atoms with E-state index >= 15 is 0 Å². The van der Waals surface area contributed by atoms with Gasteiger partial charge in [-0.3, -0.25) is 20.4 Å². The summed E-state index contributed by atoms with van der Waals surface area (Å²) in [6.45, 7) is 1.53. The number of hydrazine groups is 1. The molecule has 2 rings (SSSR count). The van der Waals surface area contributed by atoms with Crippen LogP contribution in [0.15, 0.2) is 54.6 Å². The lowest BCUT2D eigenvalue weighted by molar-refractivity contribution is -0.125. The van der Waals surface area contributed by atoms with Gasteiger partial charge in [-0.15, -0.1) is 0 Å². The molecule has 0 radical (unpaired) electrons. The van der Waals surface area contributed by atoms with Gasteiger partial charge in [0.25, 0.3) is 11.8 Å². The second-order valence-electron chi connectivity index (χ2n) is 4.99. The first-order valence-corrected chi connectivity index (χ1v) is 7.50. The Morgan fingerprint density at radius 2 is 1.54 bits per heavy atom. The van der Waals surface area contributed by atoms with Gasteiger partial charge in [-0.2, -0.15) is 0 Å². The van der Waals surface area contributed by atoms with Crippen LogP contribution >= 0.6 is 0 Å². The van der Waals surface area contributed by atoms with Gasteiger partial charge in [0, 0.05) is 5.56 Å². The molecule has 2 aromatic rings. The van der Waals surface area contributed by atoms with Crippen molar-refractivity contribution in [2.45, 2.75) is 13.3 Å². The third-order valence-corrected chi connectivity index (χ3v) is 3.28. The highest BCUT2D eigenvalue weighted by atomic mass is 16.5. The summed E-state index contributed by atoms with van der Waals surface area (Å²) < 4.78 is 4.90. The van der Waals surface area contributed by atoms with Gasteiger partial charge in [0.1, 0.15) is 0 Å². The topological polar surface area (TPSA) is 84.5 Å². The number of carbonyl (C=O) groups excluding carboxylic acids is 3. The fraction of sp³-hybridized carbons (Fsp3) is 0.167. The molecule has 0 spiro atoms. The number of amides is 2. The van der Waals surface area contributed by atoms with Crippen LogP contribution in [0.1, 0.15) is 33.2 Å². The highest BCUT2D eigenvalue weighted by Crippen LogP contribution is 2.06. The second-order valence-corrected chi connectivity index (χ2v) is 4.99. The minimum absolute atomic E-state index is 0.369. The monoisotopic (exact) mass is 326 g/mol. The molecule has 124 valence electrons. The number of aryl methyl sites for hydroxylation is 1. The third kappa shape index (κ3) is 4.95. The zero-order chi connectivity index (χ0) is 17.4. The molecular formula is C18H18N2O4. The molecule has 6 heteroatoms. The van der Waals surface area contributed by atoms with Gasteiger partial charge in [0.05, 0.1) is 5.56 Å². The SMILES string of the molecule is CCc1ccc(C(=O)OCC(=O)NNC(=O)c2ccccc2)cc1. The van der Waals surface area contributed by atoms with Gasteiger partial charge in [-0.05, 0) is 36.2 Å². The molecule has 6 nitrogen and oxygen atoms in total. The number of benzene rings is 2. The van der Waals surface area contributed by atoms with E-state index in [1.54, 1.807) is 42.5 Å². The number of carbonyl (C=O) groups is 3. The van der Waals surface area contributed by atoms with Crippen LogP contribution < -0.4 is 10.9 Å². The summed E-state index contributed by atoms with van der Waals surface area (Å²) >= 11 is 0. The number of ether oxygens (including phenoxy) is 1. The molecule has 0 unspecified atom stereocenters. The summed E-state index contributed by atoms with van der Waals surface area (Å²) in [6, 6.07) is 15.4. The number of rotatable bonds is 5. The van der Waals surface area contributed by atoms with E-state index in [2.05, 4.69) is 10.9 Å². The van der Waals surface area contributed by atoms with Gasteiger partial charge in [-0.25, -0.2) is 4.79 Å². The lowest BCUT2D eigenvalue weighted by Crippen LogP contribution is -2.43. The van der Waals surface area contributed by atoms with E-state index in [-0.39, 0.29) is 0 Å². The van der Waals surface area contributed by atoms with Crippen LogP contribution in [0.5, 0.6) is 0 Å². The zero-order valence-electron chi connectivity index (χ0n) is 13.2. The molecule has 0 fully saturated rings.